The number of piperidine rings is 1. The third-order valence-corrected chi connectivity index (χ3v) is 5.17. The zero-order valence-corrected chi connectivity index (χ0v) is 13.4. The summed E-state index contributed by atoms with van der Waals surface area (Å²) < 4.78 is 26.4. The highest BCUT2D eigenvalue weighted by Gasteiger charge is 2.29. The summed E-state index contributed by atoms with van der Waals surface area (Å²) in [6, 6.07) is 0.376. The number of sulfonamides is 1. The van der Waals surface area contributed by atoms with Gasteiger partial charge >= 0.3 is 0 Å². The van der Waals surface area contributed by atoms with Crippen LogP contribution >= 0.6 is 0 Å². The fourth-order valence-corrected chi connectivity index (χ4v) is 3.82. The van der Waals surface area contributed by atoms with Crippen molar-refractivity contribution in [3.05, 3.63) is 12.4 Å². The maximum atomic E-state index is 12.4. The number of rotatable bonds is 6. The Bertz CT molecular complexity index is 548. The molecule has 0 radical (unpaired) electrons. The molecule has 2 N–H and O–H groups in total. The lowest BCUT2D eigenvalue weighted by atomic mass is 10.0. The van der Waals surface area contributed by atoms with E-state index < -0.39 is 10.0 Å². The Kier molecular flexibility index (Phi) is 5.37. The minimum Gasteiger partial charge on any atom is -0.396 e. The van der Waals surface area contributed by atoms with E-state index in [1.807, 2.05) is 18.9 Å². The number of hydrazine groups is 1. The Morgan fingerprint density at radius 1 is 1.38 bits per heavy atom. The van der Waals surface area contributed by atoms with E-state index in [2.05, 4.69) is 9.93 Å². The molecule has 0 amide bonds. The predicted molar refractivity (Wildman–Crippen MR) is 78.9 cm³/mol. The van der Waals surface area contributed by atoms with Crippen LogP contribution in [0.2, 0.25) is 0 Å². The van der Waals surface area contributed by atoms with Gasteiger partial charge in [0.2, 0.25) is 0 Å². The topological polar surface area (TPSA) is 87.5 Å². The van der Waals surface area contributed by atoms with Crippen molar-refractivity contribution >= 4 is 10.0 Å². The number of aromatic nitrogens is 2. The lowest BCUT2D eigenvalue weighted by molar-refractivity contribution is 0.0790. The van der Waals surface area contributed by atoms with Crippen LogP contribution in [0.3, 0.4) is 0 Å². The maximum Gasteiger partial charge on any atom is 0.256 e. The first-order valence-corrected chi connectivity index (χ1v) is 8.86. The molecule has 8 heteroatoms. The smallest absolute Gasteiger partial charge is 0.256 e. The molecule has 21 heavy (non-hydrogen) atoms. The fourth-order valence-electron chi connectivity index (χ4n) is 2.63. The summed E-state index contributed by atoms with van der Waals surface area (Å²) in [5.74, 6) is 0. The van der Waals surface area contributed by atoms with Crippen LogP contribution in [-0.4, -0.2) is 47.0 Å². The van der Waals surface area contributed by atoms with Gasteiger partial charge in [-0.3, -0.25) is 4.68 Å². The molecule has 1 saturated heterocycles. The van der Waals surface area contributed by atoms with Gasteiger partial charge in [-0.15, -0.1) is 4.83 Å². The molecule has 0 saturated carbocycles. The summed E-state index contributed by atoms with van der Waals surface area (Å²) in [5.41, 5.74) is 0. The number of aliphatic hydroxyl groups excluding tert-OH is 1. The molecular weight excluding hydrogens is 292 g/mol. The van der Waals surface area contributed by atoms with Gasteiger partial charge in [0.25, 0.3) is 10.0 Å². The Labute approximate surface area is 126 Å². The van der Waals surface area contributed by atoms with E-state index >= 15 is 0 Å². The van der Waals surface area contributed by atoms with E-state index in [0.717, 1.165) is 19.3 Å². The molecule has 0 aromatic carbocycles. The highest BCUT2D eigenvalue weighted by molar-refractivity contribution is 7.89. The van der Waals surface area contributed by atoms with Crippen LogP contribution in [-0.2, 0) is 16.6 Å². The van der Waals surface area contributed by atoms with Gasteiger partial charge in [-0.1, -0.05) is 6.42 Å². The first kappa shape index (κ1) is 16.4. The summed E-state index contributed by atoms with van der Waals surface area (Å²) in [7, 11) is -3.60. The second kappa shape index (κ2) is 6.87. The van der Waals surface area contributed by atoms with E-state index in [0.29, 0.717) is 13.0 Å². The fraction of sp³-hybridized carbons (Fsp3) is 0.769. The summed E-state index contributed by atoms with van der Waals surface area (Å²) in [5, 5.41) is 14.6. The van der Waals surface area contributed by atoms with Crippen molar-refractivity contribution in [2.45, 2.75) is 63.1 Å². The molecule has 0 aliphatic carbocycles. The number of nitrogens with zero attached hydrogens (tertiary/aromatic N) is 3. The van der Waals surface area contributed by atoms with Gasteiger partial charge in [-0.2, -0.15) is 5.10 Å². The Morgan fingerprint density at radius 3 is 2.67 bits per heavy atom. The quantitative estimate of drug-likeness (QED) is 0.807. The zero-order valence-electron chi connectivity index (χ0n) is 12.6. The van der Waals surface area contributed by atoms with Gasteiger partial charge in [-0.25, -0.2) is 13.4 Å². The van der Waals surface area contributed by atoms with Crippen molar-refractivity contribution in [3.8, 4) is 0 Å². The highest BCUT2D eigenvalue weighted by Crippen LogP contribution is 2.21. The molecule has 120 valence electrons. The first-order chi connectivity index (χ1) is 9.94. The first-order valence-electron chi connectivity index (χ1n) is 7.38. The summed E-state index contributed by atoms with van der Waals surface area (Å²) in [4.78, 5) is 2.84. The van der Waals surface area contributed by atoms with E-state index in [-0.39, 0.29) is 23.6 Å². The summed E-state index contributed by atoms with van der Waals surface area (Å²) in [6.07, 6.45) is 6.50. The van der Waals surface area contributed by atoms with Gasteiger partial charge in [0.1, 0.15) is 4.90 Å². The number of hydrogen-bond acceptors (Lipinski definition) is 5. The van der Waals surface area contributed by atoms with Crippen LogP contribution in [0.25, 0.3) is 0 Å². The number of aliphatic hydroxyl groups is 1. The number of aryl methyl sites for hydroxylation is 1. The molecule has 2 atom stereocenters. The highest BCUT2D eigenvalue weighted by atomic mass is 32.2. The number of hydrogen-bond donors (Lipinski definition) is 2. The van der Waals surface area contributed by atoms with Crippen molar-refractivity contribution in [1.29, 1.82) is 0 Å². The molecule has 1 aromatic rings. The molecule has 1 aliphatic rings. The average molecular weight is 316 g/mol. The molecule has 1 fully saturated rings. The van der Waals surface area contributed by atoms with Gasteiger partial charge in [0.15, 0.2) is 0 Å². The summed E-state index contributed by atoms with van der Waals surface area (Å²) >= 11 is 0. The Morgan fingerprint density at radius 2 is 2.05 bits per heavy atom. The molecular formula is C13H24N4O3S. The third kappa shape index (κ3) is 4.03. The SMILES string of the molecule is CC1CCCC(C)N1NS(=O)(=O)c1cnn(CCCO)c1. The molecule has 1 aliphatic heterocycles. The maximum absolute atomic E-state index is 12.4. The molecule has 2 heterocycles. The van der Waals surface area contributed by atoms with Crippen molar-refractivity contribution < 1.29 is 13.5 Å². The van der Waals surface area contributed by atoms with Crippen LogP contribution < -0.4 is 4.83 Å². The van der Waals surface area contributed by atoms with E-state index in [4.69, 9.17) is 5.11 Å². The molecule has 0 bridgehead atoms. The van der Waals surface area contributed by atoms with Gasteiger partial charge in [-0.05, 0) is 33.1 Å². The van der Waals surface area contributed by atoms with Crippen molar-refractivity contribution in [2.24, 2.45) is 0 Å². The number of nitrogens with one attached hydrogen (secondary N) is 1. The van der Waals surface area contributed by atoms with Crippen LogP contribution in [0.4, 0.5) is 0 Å². The Hall–Kier alpha value is -0.960. The molecule has 7 nitrogen and oxygen atoms in total. The van der Waals surface area contributed by atoms with Crippen LogP contribution in [0, 0.1) is 0 Å². The monoisotopic (exact) mass is 316 g/mol. The van der Waals surface area contributed by atoms with Gasteiger partial charge in [0.05, 0.1) is 6.20 Å². The normalized spacial score (nSPS) is 24.3. The van der Waals surface area contributed by atoms with Gasteiger partial charge < -0.3 is 5.11 Å². The molecule has 0 spiro atoms. The van der Waals surface area contributed by atoms with Crippen molar-refractivity contribution in [3.63, 3.8) is 0 Å². The third-order valence-electron chi connectivity index (χ3n) is 3.88. The zero-order chi connectivity index (χ0) is 15.5. The molecule has 2 rings (SSSR count). The van der Waals surface area contributed by atoms with Crippen LogP contribution in [0.15, 0.2) is 17.3 Å². The minimum atomic E-state index is -3.60. The standard InChI is InChI=1S/C13H24N4O3S/c1-11-5-3-6-12(2)17(11)15-21(19,20)13-9-14-16(10-13)7-4-8-18/h9-12,15,18H,3-8H2,1-2H3. The van der Waals surface area contributed by atoms with Crippen molar-refractivity contribution in [2.75, 3.05) is 6.61 Å². The Balaban J connectivity index is 2.08. The molecule has 2 unspecified atom stereocenters. The summed E-state index contributed by atoms with van der Waals surface area (Å²) in [6.45, 7) is 4.62. The second-order valence-electron chi connectivity index (χ2n) is 5.65. The van der Waals surface area contributed by atoms with Gasteiger partial charge in [0, 0.05) is 31.4 Å². The predicted octanol–water partition coefficient (Wildman–Crippen LogP) is 0.722. The van der Waals surface area contributed by atoms with Crippen LogP contribution in [0.5, 0.6) is 0 Å². The lowest BCUT2D eigenvalue weighted by Crippen LogP contribution is -2.53. The van der Waals surface area contributed by atoms with E-state index in [1.54, 1.807) is 0 Å². The van der Waals surface area contributed by atoms with Crippen molar-refractivity contribution in [1.82, 2.24) is 19.6 Å². The second-order valence-corrected chi connectivity index (χ2v) is 7.31. The largest absolute Gasteiger partial charge is 0.396 e. The van der Waals surface area contributed by atoms with E-state index in [1.165, 1.54) is 17.1 Å². The van der Waals surface area contributed by atoms with E-state index in [9.17, 15) is 8.42 Å². The minimum absolute atomic E-state index is 0.0585. The lowest BCUT2D eigenvalue weighted by Gasteiger charge is -2.38. The average Bonchev–Trinajstić information content (AvgIpc) is 2.90. The van der Waals surface area contributed by atoms with Crippen LogP contribution in [0.1, 0.15) is 39.5 Å². The molecule has 1 aromatic heterocycles.